The molecule has 0 aromatic carbocycles. The van der Waals surface area contributed by atoms with E-state index in [9.17, 15) is 5.11 Å². The monoisotopic (exact) mass is 286 g/mol. The number of ether oxygens (including phenoxy) is 2. The second kappa shape index (κ2) is 8.95. The Kier molecular flexibility index (Phi) is 7.24. The van der Waals surface area contributed by atoms with E-state index in [0.717, 1.165) is 32.1 Å². The van der Waals surface area contributed by atoms with Crippen molar-refractivity contribution in [2.24, 2.45) is 5.92 Å². The minimum Gasteiger partial charge on any atom is -0.389 e. The molecule has 0 aromatic heterocycles. The zero-order valence-electron chi connectivity index (χ0n) is 12.7. The predicted octanol–water partition coefficient (Wildman–Crippen LogP) is 0.474. The molecule has 2 fully saturated rings. The van der Waals surface area contributed by atoms with Gasteiger partial charge in [0.25, 0.3) is 0 Å². The molecule has 1 saturated carbocycles. The smallest absolute Gasteiger partial charge is 0.0900 e. The summed E-state index contributed by atoms with van der Waals surface area (Å²) < 4.78 is 10.3. The Balaban J connectivity index is 1.65. The fraction of sp³-hybridized carbons (Fsp3) is 1.00. The molecule has 2 unspecified atom stereocenters. The Hall–Kier alpha value is -0.200. The molecule has 5 nitrogen and oxygen atoms in total. The van der Waals surface area contributed by atoms with Crippen molar-refractivity contribution in [1.82, 2.24) is 10.2 Å². The van der Waals surface area contributed by atoms with Gasteiger partial charge in [0.2, 0.25) is 0 Å². The SMILES string of the molecule is COCCOCC(O)CN(CC1CC1)CC1CCCN1. The van der Waals surface area contributed by atoms with E-state index in [1.165, 1.54) is 25.7 Å². The first-order chi connectivity index (χ1) is 9.78. The third-order valence-corrected chi connectivity index (χ3v) is 4.07. The lowest BCUT2D eigenvalue weighted by molar-refractivity contribution is -0.00192. The summed E-state index contributed by atoms with van der Waals surface area (Å²) >= 11 is 0. The number of nitrogens with one attached hydrogen (secondary N) is 1. The summed E-state index contributed by atoms with van der Waals surface area (Å²) in [6.45, 7) is 5.61. The van der Waals surface area contributed by atoms with Crippen LogP contribution in [-0.4, -0.2) is 75.3 Å². The summed E-state index contributed by atoms with van der Waals surface area (Å²) in [5.41, 5.74) is 0. The van der Waals surface area contributed by atoms with Crippen molar-refractivity contribution in [3.05, 3.63) is 0 Å². The second-order valence-electron chi connectivity index (χ2n) is 6.18. The molecule has 118 valence electrons. The van der Waals surface area contributed by atoms with Crippen LogP contribution in [0.3, 0.4) is 0 Å². The number of rotatable bonds is 11. The lowest BCUT2D eigenvalue weighted by Crippen LogP contribution is -2.43. The summed E-state index contributed by atoms with van der Waals surface area (Å²) in [5.74, 6) is 0.859. The quantitative estimate of drug-likeness (QED) is 0.541. The van der Waals surface area contributed by atoms with Crippen LogP contribution < -0.4 is 5.32 Å². The van der Waals surface area contributed by atoms with Gasteiger partial charge in [0.15, 0.2) is 0 Å². The third-order valence-electron chi connectivity index (χ3n) is 4.07. The molecule has 2 rings (SSSR count). The van der Waals surface area contributed by atoms with Crippen LogP contribution in [0.15, 0.2) is 0 Å². The van der Waals surface area contributed by atoms with Gasteiger partial charge in [-0.2, -0.15) is 0 Å². The molecule has 0 aromatic rings. The Labute approximate surface area is 122 Å². The lowest BCUT2D eigenvalue weighted by Gasteiger charge is -2.27. The molecule has 0 bridgehead atoms. The first-order valence-corrected chi connectivity index (χ1v) is 7.98. The number of hydrogen-bond donors (Lipinski definition) is 2. The van der Waals surface area contributed by atoms with E-state index >= 15 is 0 Å². The van der Waals surface area contributed by atoms with Gasteiger partial charge >= 0.3 is 0 Å². The molecular weight excluding hydrogens is 256 g/mol. The molecule has 1 heterocycles. The molecule has 2 N–H and O–H groups in total. The molecule has 1 aliphatic carbocycles. The molecule has 1 aliphatic heterocycles. The maximum absolute atomic E-state index is 10.1. The van der Waals surface area contributed by atoms with Crippen LogP contribution in [0.5, 0.6) is 0 Å². The van der Waals surface area contributed by atoms with Crippen molar-refractivity contribution in [3.8, 4) is 0 Å². The number of methoxy groups -OCH3 is 1. The molecule has 0 amide bonds. The van der Waals surface area contributed by atoms with Crippen LogP contribution >= 0.6 is 0 Å². The molecule has 0 spiro atoms. The highest BCUT2D eigenvalue weighted by Crippen LogP contribution is 2.30. The van der Waals surface area contributed by atoms with Gasteiger partial charge in [-0.05, 0) is 38.1 Å². The lowest BCUT2D eigenvalue weighted by atomic mass is 10.2. The Morgan fingerprint density at radius 3 is 2.75 bits per heavy atom. The van der Waals surface area contributed by atoms with Gasteiger partial charge in [-0.1, -0.05) is 0 Å². The summed E-state index contributed by atoms with van der Waals surface area (Å²) in [5, 5.41) is 13.6. The summed E-state index contributed by atoms with van der Waals surface area (Å²) in [6, 6.07) is 0.607. The van der Waals surface area contributed by atoms with Crippen LogP contribution in [0.2, 0.25) is 0 Å². The van der Waals surface area contributed by atoms with Crippen LogP contribution in [0.1, 0.15) is 25.7 Å². The van der Waals surface area contributed by atoms with Crippen molar-refractivity contribution in [3.63, 3.8) is 0 Å². The molecule has 0 radical (unpaired) electrons. The molecule has 1 saturated heterocycles. The minimum atomic E-state index is -0.396. The summed E-state index contributed by atoms with van der Waals surface area (Å²) in [7, 11) is 1.66. The molecule has 5 heteroatoms. The number of aliphatic hydroxyl groups excluding tert-OH is 1. The van der Waals surface area contributed by atoms with Crippen molar-refractivity contribution < 1.29 is 14.6 Å². The fourth-order valence-electron chi connectivity index (χ4n) is 2.83. The molecule has 2 atom stereocenters. The summed E-state index contributed by atoms with van der Waals surface area (Å²) in [4.78, 5) is 2.42. The zero-order valence-corrected chi connectivity index (χ0v) is 12.7. The molecular formula is C15H30N2O3. The number of aliphatic hydroxyl groups is 1. The molecule has 20 heavy (non-hydrogen) atoms. The Bertz CT molecular complexity index is 256. The van der Waals surface area contributed by atoms with Crippen molar-refractivity contribution in [1.29, 1.82) is 0 Å². The Morgan fingerprint density at radius 1 is 1.25 bits per heavy atom. The van der Waals surface area contributed by atoms with Gasteiger partial charge < -0.3 is 19.9 Å². The van der Waals surface area contributed by atoms with Gasteiger partial charge in [-0.25, -0.2) is 0 Å². The fourth-order valence-corrected chi connectivity index (χ4v) is 2.83. The van der Waals surface area contributed by atoms with Crippen LogP contribution in [0.25, 0.3) is 0 Å². The molecule has 2 aliphatic rings. The van der Waals surface area contributed by atoms with Crippen LogP contribution in [0.4, 0.5) is 0 Å². The van der Waals surface area contributed by atoms with E-state index in [0.29, 0.717) is 25.9 Å². The van der Waals surface area contributed by atoms with Crippen LogP contribution in [-0.2, 0) is 9.47 Å². The van der Waals surface area contributed by atoms with Gasteiger partial charge in [-0.15, -0.1) is 0 Å². The second-order valence-corrected chi connectivity index (χ2v) is 6.18. The summed E-state index contributed by atoms with van der Waals surface area (Å²) in [6.07, 6.45) is 4.86. The first kappa shape index (κ1) is 16.2. The maximum Gasteiger partial charge on any atom is 0.0900 e. The van der Waals surface area contributed by atoms with Gasteiger partial charge in [0, 0.05) is 32.8 Å². The van der Waals surface area contributed by atoms with E-state index in [4.69, 9.17) is 9.47 Å². The number of hydrogen-bond acceptors (Lipinski definition) is 5. The zero-order chi connectivity index (χ0) is 14.2. The van der Waals surface area contributed by atoms with Gasteiger partial charge in [0.05, 0.1) is 25.9 Å². The largest absolute Gasteiger partial charge is 0.389 e. The van der Waals surface area contributed by atoms with Crippen LogP contribution in [0, 0.1) is 5.92 Å². The third kappa shape index (κ3) is 6.50. The van der Waals surface area contributed by atoms with Gasteiger partial charge in [-0.3, -0.25) is 4.90 Å². The normalized spacial score (nSPS) is 24.4. The number of nitrogens with zero attached hydrogens (tertiary/aromatic N) is 1. The standard InChI is InChI=1S/C15H30N2O3/c1-19-7-8-20-12-15(18)11-17(9-13-4-5-13)10-14-3-2-6-16-14/h13-16,18H,2-12H2,1H3. The highest BCUT2D eigenvalue weighted by Gasteiger charge is 2.27. The highest BCUT2D eigenvalue weighted by atomic mass is 16.5. The maximum atomic E-state index is 10.1. The van der Waals surface area contributed by atoms with Crippen molar-refractivity contribution in [2.45, 2.75) is 37.8 Å². The predicted molar refractivity (Wildman–Crippen MR) is 78.9 cm³/mol. The first-order valence-electron chi connectivity index (χ1n) is 7.98. The topological polar surface area (TPSA) is 54.0 Å². The minimum absolute atomic E-state index is 0.396. The van der Waals surface area contributed by atoms with Crippen molar-refractivity contribution in [2.75, 3.05) is 53.1 Å². The average molecular weight is 286 g/mol. The van der Waals surface area contributed by atoms with Gasteiger partial charge in [0.1, 0.15) is 0 Å². The highest BCUT2D eigenvalue weighted by molar-refractivity contribution is 4.83. The van der Waals surface area contributed by atoms with E-state index in [1.54, 1.807) is 7.11 Å². The van der Waals surface area contributed by atoms with E-state index in [-0.39, 0.29) is 0 Å². The average Bonchev–Trinajstić information content (AvgIpc) is 3.08. The van der Waals surface area contributed by atoms with E-state index < -0.39 is 6.10 Å². The Morgan fingerprint density at radius 2 is 2.10 bits per heavy atom. The van der Waals surface area contributed by atoms with Crippen molar-refractivity contribution >= 4 is 0 Å². The van der Waals surface area contributed by atoms with E-state index in [2.05, 4.69) is 10.2 Å². The van der Waals surface area contributed by atoms with E-state index in [1.807, 2.05) is 0 Å².